The Morgan fingerprint density at radius 3 is 2.53 bits per heavy atom. The molecular formula is C25H30N4O4S. The molecule has 1 saturated heterocycles. The molecule has 1 aliphatic rings. The summed E-state index contributed by atoms with van der Waals surface area (Å²) in [4.78, 5) is 18.1. The fraction of sp³-hybridized carbons (Fsp3) is 0.360. The van der Waals surface area contributed by atoms with Crippen molar-refractivity contribution in [1.29, 1.82) is 0 Å². The summed E-state index contributed by atoms with van der Waals surface area (Å²) in [6.45, 7) is 2.81. The van der Waals surface area contributed by atoms with E-state index in [-0.39, 0.29) is 10.8 Å². The predicted molar refractivity (Wildman–Crippen MR) is 129 cm³/mol. The van der Waals surface area contributed by atoms with E-state index in [9.17, 15) is 13.2 Å². The summed E-state index contributed by atoms with van der Waals surface area (Å²) in [7, 11) is -0.225. The number of aromatic nitrogens is 2. The number of methoxy groups -OCH3 is 1. The summed E-state index contributed by atoms with van der Waals surface area (Å²) in [5.74, 6) is 0.869. The number of benzene rings is 2. The molecule has 0 aliphatic carbocycles. The molecule has 0 saturated carbocycles. The van der Waals surface area contributed by atoms with Gasteiger partial charge in [0.05, 0.1) is 12.0 Å². The molecule has 0 spiro atoms. The van der Waals surface area contributed by atoms with Gasteiger partial charge in [0.25, 0.3) is 5.91 Å². The zero-order valence-corrected chi connectivity index (χ0v) is 20.5. The third-order valence-corrected chi connectivity index (χ3v) is 8.14. The lowest BCUT2D eigenvalue weighted by Gasteiger charge is -2.26. The van der Waals surface area contributed by atoms with Gasteiger partial charge in [-0.25, -0.2) is 13.4 Å². The number of imidazole rings is 1. The molecule has 3 aromatic rings. The van der Waals surface area contributed by atoms with Gasteiger partial charge < -0.3 is 14.6 Å². The number of sulfonamides is 1. The number of piperidine rings is 1. The Labute approximate surface area is 200 Å². The monoisotopic (exact) mass is 482 g/mol. The Kier molecular flexibility index (Phi) is 7.04. The average molecular weight is 483 g/mol. The molecule has 180 valence electrons. The number of hydrogen-bond acceptors (Lipinski definition) is 5. The van der Waals surface area contributed by atoms with E-state index in [4.69, 9.17) is 4.74 Å². The van der Waals surface area contributed by atoms with Crippen molar-refractivity contribution in [3.05, 3.63) is 77.4 Å². The summed E-state index contributed by atoms with van der Waals surface area (Å²) in [5, 5.41) is 3.06. The van der Waals surface area contributed by atoms with Gasteiger partial charge in [0.15, 0.2) is 0 Å². The second-order valence-electron chi connectivity index (χ2n) is 8.49. The Morgan fingerprint density at radius 1 is 1.12 bits per heavy atom. The molecule has 1 fully saturated rings. The van der Waals surface area contributed by atoms with Crippen LogP contribution >= 0.6 is 0 Å². The van der Waals surface area contributed by atoms with E-state index in [1.807, 2.05) is 35.9 Å². The van der Waals surface area contributed by atoms with Crippen LogP contribution in [-0.4, -0.2) is 48.4 Å². The van der Waals surface area contributed by atoms with Crippen molar-refractivity contribution in [3.63, 3.8) is 0 Å². The Balaban J connectivity index is 1.70. The quantitative estimate of drug-likeness (QED) is 0.557. The lowest BCUT2D eigenvalue weighted by atomic mass is 10.0. The second-order valence-corrected chi connectivity index (χ2v) is 10.4. The number of nitrogens with zero attached hydrogens (tertiary/aromatic N) is 3. The molecule has 0 radical (unpaired) electrons. The number of rotatable bonds is 7. The van der Waals surface area contributed by atoms with Gasteiger partial charge in [-0.05, 0) is 43.5 Å². The van der Waals surface area contributed by atoms with E-state index in [0.29, 0.717) is 35.8 Å². The van der Waals surface area contributed by atoms with E-state index < -0.39 is 16.1 Å². The Bertz CT molecular complexity index is 1280. The number of carbonyl (C=O) groups is 1. The summed E-state index contributed by atoms with van der Waals surface area (Å²) < 4.78 is 35.3. The van der Waals surface area contributed by atoms with Crippen LogP contribution in [0.5, 0.6) is 5.75 Å². The zero-order valence-electron chi connectivity index (χ0n) is 19.7. The second kappa shape index (κ2) is 9.99. The number of para-hydroxylation sites is 1. The molecule has 1 aromatic heterocycles. The fourth-order valence-corrected chi connectivity index (χ4v) is 5.85. The van der Waals surface area contributed by atoms with Gasteiger partial charge in [-0.2, -0.15) is 4.31 Å². The van der Waals surface area contributed by atoms with E-state index in [1.165, 1.54) is 10.4 Å². The normalized spacial score (nSPS) is 15.6. The summed E-state index contributed by atoms with van der Waals surface area (Å²) >= 11 is 0. The molecule has 1 N–H and O–H groups in total. The molecular weight excluding hydrogens is 452 g/mol. The highest BCUT2D eigenvalue weighted by Crippen LogP contribution is 2.30. The average Bonchev–Trinajstić information content (AvgIpc) is 3.28. The minimum atomic E-state index is -3.66. The maximum absolute atomic E-state index is 13.5. The van der Waals surface area contributed by atoms with E-state index in [1.54, 1.807) is 38.6 Å². The van der Waals surface area contributed by atoms with Crippen LogP contribution in [0.4, 0.5) is 0 Å². The van der Waals surface area contributed by atoms with Crippen LogP contribution in [0.2, 0.25) is 0 Å². The van der Waals surface area contributed by atoms with Crippen molar-refractivity contribution >= 4 is 15.9 Å². The first-order valence-electron chi connectivity index (χ1n) is 11.3. The minimum absolute atomic E-state index is 0.135. The Hall–Kier alpha value is -3.17. The van der Waals surface area contributed by atoms with Crippen molar-refractivity contribution in [3.8, 4) is 5.75 Å². The van der Waals surface area contributed by atoms with Crippen LogP contribution in [0, 0.1) is 6.92 Å². The van der Waals surface area contributed by atoms with Crippen molar-refractivity contribution in [1.82, 2.24) is 19.2 Å². The van der Waals surface area contributed by atoms with Crippen LogP contribution in [0.25, 0.3) is 0 Å². The topological polar surface area (TPSA) is 93.5 Å². The first-order valence-corrected chi connectivity index (χ1v) is 12.8. The van der Waals surface area contributed by atoms with Crippen LogP contribution in [0.15, 0.2) is 59.8 Å². The highest BCUT2D eigenvalue weighted by molar-refractivity contribution is 7.89. The van der Waals surface area contributed by atoms with Crippen LogP contribution in [-0.2, 0) is 17.1 Å². The molecule has 9 heteroatoms. The van der Waals surface area contributed by atoms with Gasteiger partial charge in [-0.3, -0.25) is 4.79 Å². The van der Waals surface area contributed by atoms with Crippen LogP contribution in [0.1, 0.15) is 52.6 Å². The number of carbonyl (C=O) groups excluding carboxylic acids is 1. The molecule has 2 heterocycles. The molecule has 1 aliphatic heterocycles. The highest BCUT2D eigenvalue weighted by atomic mass is 32.2. The maximum atomic E-state index is 13.5. The van der Waals surface area contributed by atoms with E-state index >= 15 is 0 Å². The molecule has 4 rings (SSSR count). The fourth-order valence-electron chi connectivity index (χ4n) is 4.31. The molecule has 34 heavy (non-hydrogen) atoms. The van der Waals surface area contributed by atoms with Gasteiger partial charge in [0.2, 0.25) is 10.0 Å². The smallest absolute Gasteiger partial charge is 0.252 e. The number of nitrogens with one attached hydrogen (secondary N) is 1. The minimum Gasteiger partial charge on any atom is -0.496 e. The van der Waals surface area contributed by atoms with Crippen molar-refractivity contribution in [2.24, 2.45) is 7.05 Å². The SMILES string of the molecule is COc1ccccc1[C@@H](NC(=O)c1cc(S(=O)(=O)N2CCCCC2)ccc1C)c1nccn1C. The van der Waals surface area contributed by atoms with Gasteiger partial charge >= 0.3 is 0 Å². The lowest BCUT2D eigenvalue weighted by Crippen LogP contribution is -2.36. The largest absolute Gasteiger partial charge is 0.496 e. The van der Waals surface area contributed by atoms with Gasteiger partial charge in [-0.1, -0.05) is 30.7 Å². The third kappa shape index (κ3) is 4.71. The van der Waals surface area contributed by atoms with Gasteiger partial charge in [0.1, 0.15) is 17.6 Å². The third-order valence-electron chi connectivity index (χ3n) is 6.25. The highest BCUT2D eigenvalue weighted by Gasteiger charge is 2.29. The lowest BCUT2D eigenvalue weighted by molar-refractivity contribution is 0.0940. The van der Waals surface area contributed by atoms with Gasteiger partial charge in [-0.15, -0.1) is 0 Å². The van der Waals surface area contributed by atoms with Crippen LogP contribution in [0.3, 0.4) is 0 Å². The molecule has 8 nitrogen and oxygen atoms in total. The summed E-state index contributed by atoms with van der Waals surface area (Å²) in [6.07, 6.45) is 6.21. The molecule has 0 unspecified atom stereocenters. The predicted octanol–water partition coefficient (Wildman–Crippen LogP) is 3.43. The summed E-state index contributed by atoms with van der Waals surface area (Å²) in [6, 6.07) is 11.6. The number of hydrogen-bond donors (Lipinski definition) is 1. The zero-order chi connectivity index (χ0) is 24.3. The van der Waals surface area contributed by atoms with Crippen molar-refractivity contribution < 1.29 is 17.9 Å². The standard InChI is InChI=1S/C25H30N4O4S/c1-18-11-12-19(34(31,32)29-14-7-4-8-15-29)17-21(18)25(30)27-23(24-26-13-16-28(24)2)20-9-5-6-10-22(20)33-3/h5-6,9-13,16-17,23H,4,7-8,14-15H2,1-3H3,(H,27,30)/t23-/m1/s1. The van der Waals surface area contributed by atoms with E-state index in [0.717, 1.165) is 24.8 Å². The first-order chi connectivity index (χ1) is 16.3. The molecule has 2 aromatic carbocycles. The van der Waals surface area contributed by atoms with Crippen LogP contribution < -0.4 is 10.1 Å². The number of ether oxygens (including phenoxy) is 1. The molecule has 0 bridgehead atoms. The van der Waals surface area contributed by atoms with E-state index in [2.05, 4.69) is 10.3 Å². The van der Waals surface area contributed by atoms with Crippen molar-refractivity contribution in [2.45, 2.75) is 37.1 Å². The molecule has 1 atom stereocenters. The molecule has 1 amide bonds. The number of aryl methyl sites for hydroxylation is 2. The Morgan fingerprint density at radius 2 is 1.85 bits per heavy atom. The maximum Gasteiger partial charge on any atom is 0.252 e. The summed E-state index contributed by atoms with van der Waals surface area (Å²) in [5.41, 5.74) is 1.75. The first kappa shape index (κ1) is 24.0. The van der Waals surface area contributed by atoms with Crippen molar-refractivity contribution in [2.75, 3.05) is 20.2 Å². The van der Waals surface area contributed by atoms with Gasteiger partial charge in [0, 0.05) is 43.7 Å². The number of amides is 1.